The van der Waals surface area contributed by atoms with Crippen molar-refractivity contribution in [3.8, 4) is 0 Å². The van der Waals surface area contributed by atoms with Crippen LogP contribution in [0.1, 0.15) is 27.7 Å². The molecule has 0 aliphatic rings. The highest BCUT2D eigenvalue weighted by Crippen LogP contribution is 2.30. The van der Waals surface area contributed by atoms with Gasteiger partial charge < -0.3 is 22.6 Å². The number of nitro benzene ring substituents is 1. The lowest BCUT2D eigenvalue weighted by molar-refractivity contribution is -0.384. The Balaban J connectivity index is 2.01. The van der Waals surface area contributed by atoms with Crippen molar-refractivity contribution in [3.05, 3.63) is 57.6 Å². The minimum absolute atomic E-state index is 0.0967. The molecule has 0 aliphatic heterocycles. The summed E-state index contributed by atoms with van der Waals surface area (Å²) in [5.74, 6) is 0. The molecule has 0 aliphatic carbocycles. The van der Waals surface area contributed by atoms with Crippen LogP contribution in [0.15, 0.2) is 52.7 Å². The minimum atomic E-state index is -3.14. The van der Waals surface area contributed by atoms with Crippen LogP contribution in [0, 0.1) is 10.1 Å². The number of non-ortho nitro benzene ring substituents is 1. The topological polar surface area (TPSA) is 108 Å². The largest absolute Gasteiger partial charge is 0.679 e. The maximum Gasteiger partial charge on any atom is 0.679 e. The third-order valence-electron chi connectivity index (χ3n) is 4.62. The van der Waals surface area contributed by atoms with E-state index >= 15 is 0 Å². The Bertz CT molecular complexity index is 930. The van der Waals surface area contributed by atoms with E-state index in [9.17, 15) is 10.1 Å². The molecule has 0 heterocycles. The normalized spacial score (nSPS) is 11.8. The van der Waals surface area contributed by atoms with Gasteiger partial charge in [0.15, 0.2) is 0 Å². The number of benzene rings is 2. The smallest absolute Gasteiger partial charge is 0.370 e. The maximum atomic E-state index is 10.8. The summed E-state index contributed by atoms with van der Waals surface area (Å²) in [6.07, 6.45) is 0. The molecule has 0 aromatic heterocycles. The van der Waals surface area contributed by atoms with E-state index in [-0.39, 0.29) is 10.7 Å². The van der Waals surface area contributed by atoms with Gasteiger partial charge in [0.2, 0.25) is 0 Å². The number of hydrogen-bond donors (Lipinski definition) is 0. The van der Waals surface area contributed by atoms with E-state index < -0.39 is 14.0 Å². The molecule has 0 bridgehead atoms. The molecule has 0 spiro atoms. The van der Waals surface area contributed by atoms with Crippen LogP contribution >= 0.6 is 11.6 Å². The van der Waals surface area contributed by atoms with Gasteiger partial charge in [0.05, 0.1) is 22.2 Å². The number of azo groups is 1. The second kappa shape index (κ2) is 14.1. The van der Waals surface area contributed by atoms with Gasteiger partial charge in [-0.2, -0.15) is 5.11 Å². The Kier molecular flexibility index (Phi) is 11.5. The van der Waals surface area contributed by atoms with Crippen molar-refractivity contribution in [1.82, 2.24) is 0 Å². The zero-order chi connectivity index (χ0) is 25.0. The minimum Gasteiger partial charge on any atom is -0.370 e. The van der Waals surface area contributed by atoms with E-state index in [1.165, 1.54) is 18.2 Å². The van der Waals surface area contributed by atoms with Gasteiger partial charge in [0, 0.05) is 50.7 Å². The molecule has 0 saturated heterocycles. The molecule has 12 heteroatoms. The van der Waals surface area contributed by atoms with Crippen molar-refractivity contribution < 1.29 is 22.6 Å². The highest BCUT2D eigenvalue weighted by atomic mass is 35.5. The third-order valence-corrected chi connectivity index (χ3v) is 7.40. The molecule has 34 heavy (non-hydrogen) atoms. The van der Waals surface area contributed by atoms with Crippen LogP contribution in [-0.2, 0) is 17.7 Å². The van der Waals surface area contributed by atoms with Gasteiger partial charge in [-0.15, -0.1) is 5.11 Å². The van der Waals surface area contributed by atoms with Crippen molar-refractivity contribution in [2.75, 3.05) is 44.4 Å². The summed E-state index contributed by atoms with van der Waals surface area (Å²) in [4.78, 5) is 12.5. The zero-order valence-corrected chi connectivity index (χ0v) is 21.7. The van der Waals surface area contributed by atoms with Gasteiger partial charge >= 0.3 is 9.05 Å². The van der Waals surface area contributed by atoms with Gasteiger partial charge in [0.1, 0.15) is 5.69 Å². The van der Waals surface area contributed by atoms with Crippen LogP contribution in [-0.4, -0.2) is 53.5 Å². The maximum absolute atomic E-state index is 10.8. The van der Waals surface area contributed by atoms with Crippen LogP contribution in [0.25, 0.3) is 0 Å². The van der Waals surface area contributed by atoms with Gasteiger partial charge in [-0.1, -0.05) is 11.6 Å². The van der Waals surface area contributed by atoms with Crippen molar-refractivity contribution in [2.45, 2.75) is 27.7 Å². The fourth-order valence-corrected chi connectivity index (χ4v) is 5.18. The molecular weight excluding hydrogens is 480 g/mol. The molecule has 10 nitrogen and oxygen atoms in total. The number of anilines is 1. The first-order chi connectivity index (χ1) is 16.4. The summed E-state index contributed by atoms with van der Waals surface area (Å²) in [5.41, 5.74) is 1.88. The van der Waals surface area contributed by atoms with Gasteiger partial charge in [0.25, 0.3) is 5.69 Å². The Morgan fingerprint density at radius 3 is 2.06 bits per heavy atom. The summed E-state index contributed by atoms with van der Waals surface area (Å²) >= 11 is 6.06. The van der Waals surface area contributed by atoms with E-state index in [4.69, 9.17) is 29.3 Å². The van der Waals surface area contributed by atoms with Crippen molar-refractivity contribution >= 4 is 43.4 Å². The molecule has 0 N–H and O–H groups in total. The van der Waals surface area contributed by atoms with Crippen LogP contribution in [0.3, 0.4) is 0 Å². The van der Waals surface area contributed by atoms with Crippen LogP contribution < -0.4 is 4.90 Å². The molecular formula is C22H31ClN4O6Si. The molecule has 2 aromatic rings. The SMILES string of the molecule is CCO[Si](OCC)(OCC)OCCN(CC)c1ccc(N=Nc2ccc([N+](=O)[O-])cc2Cl)cc1. The number of nitrogens with zero attached hydrogens (tertiary/aromatic N) is 4. The molecule has 186 valence electrons. The van der Waals surface area contributed by atoms with E-state index in [2.05, 4.69) is 22.1 Å². The molecule has 0 radical (unpaired) electrons. The lowest BCUT2D eigenvalue weighted by atomic mass is 10.2. The average molecular weight is 511 g/mol. The van der Waals surface area contributed by atoms with Crippen molar-refractivity contribution in [1.29, 1.82) is 0 Å². The Morgan fingerprint density at radius 1 is 0.941 bits per heavy atom. The fraction of sp³-hybridized carbons (Fsp3) is 0.455. The van der Waals surface area contributed by atoms with Gasteiger partial charge in [-0.25, -0.2) is 0 Å². The van der Waals surface area contributed by atoms with E-state index in [0.717, 1.165) is 12.2 Å². The van der Waals surface area contributed by atoms with E-state index in [0.29, 0.717) is 44.3 Å². The average Bonchev–Trinajstić information content (AvgIpc) is 2.82. The highest BCUT2D eigenvalue weighted by Gasteiger charge is 2.44. The first-order valence-corrected chi connectivity index (χ1v) is 13.2. The lowest BCUT2D eigenvalue weighted by Gasteiger charge is -2.29. The van der Waals surface area contributed by atoms with E-state index in [1.807, 2.05) is 45.0 Å². The first-order valence-electron chi connectivity index (χ1n) is 11.1. The molecule has 0 fully saturated rings. The predicted molar refractivity (Wildman–Crippen MR) is 133 cm³/mol. The summed E-state index contributed by atoms with van der Waals surface area (Å²) in [6, 6.07) is 11.6. The van der Waals surface area contributed by atoms with Crippen LogP contribution in [0.4, 0.5) is 22.7 Å². The lowest BCUT2D eigenvalue weighted by Crippen LogP contribution is -2.50. The molecule has 0 saturated carbocycles. The predicted octanol–water partition coefficient (Wildman–Crippen LogP) is 6.05. The van der Waals surface area contributed by atoms with Crippen molar-refractivity contribution in [3.63, 3.8) is 0 Å². The Labute approximate surface area is 206 Å². The van der Waals surface area contributed by atoms with Crippen LogP contribution in [0.2, 0.25) is 5.02 Å². The highest BCUT2D eigenvalue weighted by molar-refractivity contribution is 6.53. The first kappa shape index (κ1) is 27.8. The number of nitro groups is 1. The Morgan fingerprint density at radius 2 is 1.56 bits per heavy atom. The number of rotatable bonds is 15. The van der Waals surface area contributed by atoms with Crippen LogP contribution in [0.5, 0.6) is 0 Å². The molecule has 0 atom stereocenters. The third kappa shape index (κ3) is 8.11. The second-order valence-corrected chi connectivity index (χ2v) is 9.40. The number of halogens is 1. The second-order valence-electron chi connectivity index (χ2n) is 6.84. The number of likely N-dealkylation sites (N-methyl/N-ethyl adjacent to an activating group) is 1. The zero-order valence-electron chi connectivity index (χ0n) is 19.9. The molecule has 0 amide bonds. The summed E-state index contributed by atoms with van der Waals surface area (Å²) in [7, 11) is -3.14. The van der Waals surface area contributed by atoms with Gasteiger partial charge in [-0.05, 0) is 58.0 Å². The summed E-state index contributed by atoms with van der Waals surface area (Å²) in [5, 5.41) is 19.3. The quantitative estimate of drug-likeness (QED) is 0.124. The number of hydrogen-bond acceptors (Lipinski definition) is 9. The van der Waals surface area contributed by atoms with Gasteiger partial charge in [-0.3, -0.25) is 10.1 Å². The molecule has 2 rings (SSSR count). The van der Waals surface area contributed by atoms with Crippen molar-refractivity contribution in [2.24, 2.45) is 10.2 Å². The fourth-order valence-electron chi connectivity index (χ4n) is 3.06. The summed E-state index contributed by atoms with van der Waals surface area (Å²) in [6.45, 7) is 10.8. The Hall–Kier alpha value is -2.41. The molecule has 0 unspecified atom stereocenters. The monoisotopic (exact) mass is 510 g/mol. The standard InChI is InChI=1S/C22H31ClN4O6Si/c1-5-26(15-16-33-34(30-6-2,31-7-3)32-8-4)19-11-9-18(10-12-19)24-25-22-14-13-20(27(28)29)17-21(22)23/h9-14,17H,5-8,15-16H2,1-4H3. The summed E-state index contributed by atoms with van der Waals surface area (Å²) < 4.78 is 23.2. The molecule has 2 aromatic carbocycles. The van der Waals surface area contributed by atoms with E-state index in [1.54, 1.807) is 0 Å².